The third-order valence-corrected chi connectivity index (χ3v) is 3.37. The van der Waals surface area contributed by atoms with Gasteiger partial charge in [-0.2, -0.15) is 15.0 Å². The summed E-state index contributed by atoms with van der Waals surface area (Å²) in [6, 6.07) is 0.00280. The molecule has 2 heterocycles. The maximum Gasteiger partial charge on any atom is 0.231 e. The fourth-order valence-corrected chi connectivity index (χ4v) is 2.20. The van der Waals surface area contributed by atoms with Gasteiger partial charge >= 0.3 is 0 Å². The molecule has 0 radical (unpaired) electrons. The van der Waals surface area contributed by atoms with E-state index >= 15 is 0 Å². The van der Waals surface area contributed by atoms with Gasteiger partial charge in [-0.25, -0.2) is 4.98 Å². The molecule has 1 unspecified atom stereocenters. The van der Waals surface area contributed by atoms with E-state index in [1.807, 2.05) is 18.7 Å². The first kappa shape index (κ1) is 15.5. The number of imidazole rings is 1. The molecule has 21 heavy (non-hydrogen) atoms. The Bertz CT molecular complexity index is 554. The monoisotopic (exact) mass is 309 g/mol. The zero-order valence-electron chi connectivity index (χ0n) is 12.5. The van der Waals surface area contributed by atoms with Crippen LogP contribution in [0.2, 0.25) is 5.28 Å². The quantitative estimate of drug-likeness (QED) is 0.818. The van der Waals surface area contributed by atoms with Crippen LogP contribution in [0.3, 0.4) is 0 Å². The molecule has 0 aromatic carbocycles. The van der Waals surface area contributed by atoms with Crippen molar-refractivity contribution in [2.75, 3.05) is 23.3 Å². The number of aromatic nitrogens is 5. The first-order chi connectivity index (χ1) is 10.2. The van der Waals surface area contributed by atoms with Crippen LogP contribution in [0.15, 0.2) is 12.4 Å². The van der Waals surface area contributed by atoms with Crippen molar-refractivity contribution >= 4 is 23.5 Å². The van der Waals surface area contributed by atoms with Gasteiger partial charge < -0.3 is 15.2 Å². The van der Waals surface area contributed by atoms with Crippen molar-refractivity contribution in [3.63, 3.8) is 0 Å². The summed E-state index contributed by atoms with van der Waals surface area (Å²) < 4.78 is 0. The van der Waals surface area contributed by atoms with E-state index in [1.165, 1.54) is 0 Å². The summed E-state index contributed by atoms with van der Waals surface area (Å²) in [7, 11) is 0. The second-order valence-corrected chi connectivity index (χ2v) is 4.82. The smallest absolute Gasteiger partial charge is 0.231 e. The molecule has 0 spiro atoms. The van der Waals surface area contributed by atoms with Crippen LogP contribution in [0.5, 0.6) is 0 Å². The third kappa shape index (κ3) is 3.81. The fraction of sp³-hybridized carbons (Fsp3) is 0.538. The van der Waals surface area contributed by atoms with Crippen LogP contribution in [-0.4, -0.2) is 38.0 Å². The lowest BCUT2D eigenvalue weighted by molar-refractivity contribution is 0.692. The van der Waals surface area contributed by atoms with E-state index in [9.17, 15) is 0 Å². The summed E-state index contributed by atoms with van der Waals surface area (Å²) >= 11 is 6.01. The molecular formula is C13H20ClN7. The predicted octanol–water partition coefficient (Wildman–Crippen LogP) is 2.66. The summed E-state index contributed by atoms with van der Waals surface area (Å²) in [6.07, 6.45) is 4.36. The van der Waals surface area contributed by atoms with Crippen LogP contribution in [0, 0.1) is 0 Å². The van der Waals surface area contributed by atoms with Crippen LogP contribution >= 0.6 is 11.6 Å². The van der Waals surface area contributed by atoms with E-state index in [0.29, 0.717) is 11.9 Å². The maximum absolute atomic E-state index is 6.01. The van der Waals surface area contributed by atoms with Crippen LogP contribution < -0.4 is 10.2 Å². The number of aromatic amines is 1. The van der Waals surface area contributed by atoms with E-state index < -0.39 is 0 Å². The van der Waals surface area contributed by atoms with E-state index in [0.717, 1.165) is 25.3 Å². The average Bonchev–Trinajstić information content (AvgIpc) is 2.99. The molecule has 7 nitrogen and oxygen atoms in total. The summed E-state index contributed by atoms with van der Waals surface area (Å²) in [5.74, 6) is 1.88. The van der Waals surface area contributed by atoms with E-state index in [-0.39, 0.29) is 11.3 Å². The lowest BCUT2D eigenvalue weighted by Crippen LogP contribution is -2.25. The molecule has 0 saturated carbocycles. The van der Waals surface area contributed by atoms with E-state index in [1.54, 1.807) is 12.4 Å². The first-order valence-electron chi connectivity index (χ1n) is 7.10. The summed E-state index contributed by atoms with van der Waals surface area (Å²) in [6.45, 7) is 7.78. The second-order valence-electron chi connectivity index (χ2n) is 4.48. The van der Waals surface area contributed by atoms with Gasteiger partial charge in [-0.15, -0.1) is 0 Å². The van der Waals surface area contributed by atoms with Crippen LogP contribution in [0.25, 0.3) is 0 Å². The highest BCUT2D eigenvalue weighted by Gasteiger charge is 2.15. The van der Waals surface area contributed by atoms with Gasteiger partial charge in [0.15, 0.2) is 0 Å². The lowest BCUT2D eigenvalue weighted by atomic mass is 10.2. The van der Waals surface area contributed by atoms with Gasteiger partial charge in [0.1, 0.15) is 5.82 Å². The number of anilines is 2. The van der Waals surface area contributed by atoms with Crippen molar-refractivity contribution in [2.45, 2.75) is 33.2 Å². The Labute approximate surface area is 129 Å². The van der Waals surface area contributed by atoms with Crippen LogP contribution in [0.4, 0.5) is 11.9 Å². The van der Waals surface area contributed by atoms with Crippen molar-refractivity contribution in [2.24, 2.45) is 0 Å². The number of H-pyrrole nitrogens is 1. The molecule has 114 valence electrons. The standard InChI is InChI=1S/C13H20ClN7/c1-4-9(10-15-7-8-16-10)17-12-18-11(14)19-13(20-12)21(5-2)6-3/h7-9H,4-6H2,1-3H3,(H,15,16)(H,17,18,19,20). The molecule has 2 N–H and O–H groups in total. The molecule has 0 bridgehead atoms. The molecule has 0 aliphatic carbocycles. The van der Waals surface area contributed by atoms with Crippen molar-refractivity contribution in [1.29, 1.82) is 0 Å². The Hall–Kier alpha value is -1.89. The minimum Gasteiger partial charge on any atom is -0.347 e. The normalized spacial score (nSPS) is 12.2. The predicted molar refractivity (Wildman–Crippen MR) is 83.6 cm³/mol. The van der Waals surface area contributed by atoms with Gasteiger partial charge in [0, 0.05) is 25.5 Å². The Morgan fingerprint density at radius 1 is 1.24 bits per heavy atom. The number of hydrogen-bond donors (Lipinski definition) is 2. The molecule has 2 aromatic heterocycles. The van der Waals surface area contributed by atoms with Crippen molar-refractivity contribution in [3.05, 3.63) is 23.5 Å². The van der Waals surface area contributed by atoms with Crippen LogP contribution in [0.1, 0.15) is 39.1 Å². The molecule has 2 aromatic rings. The van der Waals surface area contributed by atoms with Gasteiger partial charge in [0.05, 0.1) is 6.04 Å². The minimum atomic E-state index is 0.00280. The topological polar surface area (TPSA) is 82.6 Å². The largest absolute Gasteiger partial charge is 0.347 e. The van der Waals surface area contributed by atoms with Gasteiger partial charge in [-0.05, 0) is 31.9 Å². The Balaban J connectivity index is 2.23. The second kappa shape index (κ2) is 7.21. The summed E-state index contributed by atoms with van der Waals surface area (Å²) in [5, 5.41) is 3.43. The van der Waals surface area contributed by atoms with E-state index in [4.69, 9.17) is 11.6 Å². The zero-order chi connectivity index (χ0) is 15.2. The van der Waals surface area contributed by atoms with Crippen LogP contribution in [-0.2, 0) is 0 Å². The molecule has 8 heteroatoms. The number of halogens is 1. The maximum atomic E-state index is 6.01. The minimum absolute atomic E-state index is 0.00280. The molecule has 0 saturated heterocycles. The molecule has 0 aliphatic rings. The molecule has 0 aliphatic heterocycles. The van der Waals surface area contributed by atoms with Gasteiger partial charge in [0.2, 0.25) is 17.2 Å². The van der Waals surface area contributed by atoms with Crippen molar-refractivity contribution < 1.29 is 0 Å². The highest BCUT2D eigenvalue weighted by atomic mass is 35.5. The number of nitrogens with zero attached hydrogens (tertiary/aromatic N) is 5. The Kier molecular flexibility index (Phi) is 5.32. The summed E-state index contributed by atoms with van der Waals surface area (Å²) in [4.78, 5) is 22.1. The Morgan fingerprint density at radius 3 is 2.57 bits per heavy atom. The molecular weight excluding hydrogens is 290 g/mol. The number of rotatable bonds is 7. The van der Waals surface area contributed by atoms with Gasteiger partial charge in [-0.3, -0.25) is 0 Å². The van der Waals surface area contributed by atoms with Gasteiger partial charge in [-0.1, -0.05) is 6.92 Å². The zero-order valence-corrected chi connectivity index (χ0v) is 13.2. The molecule has 0 amide bonds. The average molecular weight is 310 g/mol. The first-order valence-corrected chi connectivity index (χ1v) is 7.48. The Morgan fingerprint density at radius 2 is 2.00 bits per heavy atom. The lowest BCUT2D eigenvalue weighted by Gasteiger charge is -2.20. The summed E-state index contributed by atoms with van der Waals surface area (Å²) in [5.41, 5.74) is 0. The van der Waals surface area contributed by atoms with E-state index in [2.05, 4.69) is 37.2 Å². The van der Waals surface area contributed by atoms with Crippen molar-refractivity contribution in [3.8, 4) is 0 Å². The SMILES string of the molecule is CCC(Nc1nc(Cl)nc(N(CC)CC)n1)c1ncc[nH]1. The third-order valence-electron chi connectivity index (χ3n) is 3.20. The molecule has 1 atom stereocenters. The molecule has 0 fully saturated rings. The number of hydrogen-bond acceptors (Lipinski definition) is 6. The van der Waals surface area contributed by atoms with Gasteiger partial charge in [0.25, 0.3) is 0 Å². The highest BCUT2D eigenvalue weighted by Crippen LogP contribution is 2.20. The van der Waals surface area contributed by atoms with Crippen molar-refractivity contribution in [1.82, 2.24) is 24.9 Å². The number of nitrogens with one attached hydrogen (secondary N) is 2. The fourth-order valence-electron chi connectivity index (χ4n) is 2.04. The highest BCUT2D eigenvalue weighted by molar-refractivity contribution is 6.28. The molecule has 2 rings (SSSR count).